The van der Waals surface area contributed by atoms with Gasteiger partial charge in [0, 0.05) is 11.5 Å². The fourth-order valence-electron chi connectivity index (χ4n) is 2.47. The van der Waals surface area contributed by atoms with Crippen molar-refractivity contribution in [2.75, 3.05) is 0 Å². The number of alkyl halides is 6. The Morgan fingerprint density at radius 3 is 1.77 bits per heavy atom. The van der Waals surface area contributed by atoms with Crippen molar-refractivity contribution < 1.29 is 41.0 Å². The maximum atomic E-state index is 12.7. The number of rotatable bonds is 3. The lowest BCUT2D eigenvalue weighted by molar-refractivity contribution is -0.387. The number of carbonyl (C=O) groups is 1. The van der Waals surface area contributed by atoms with Crippen molar-refractivity contribution in [3.8, 4) is 0 Å². The van der Waals surface area contributed by atoms with Gasteiger partial charge >= 0.3 is 18.3 Å². The summed E-state index contributed by atoms with van der Waals surface area (Å²) < 4.78 is 81.3. The normalized spacial score (nSPS) is 24.0. The molecule has 0 aromatic rings. The van der Waals surface area contributed by atoms with E-state index in [-0.39, 0.29) is 18.4 Å². The Morgan fingerprint density at radius 2 is 1.45 bits per heavy atom. The molecule has 1 fully saturated rings. The van der Waals surface area contributed by atoms with Gasteiger partial charge in [0.1, 0.15) is 6.10 Å². The molecule has 0 unspecified atom stereocenters. The summed E-state index contributed by atoms with van der Waals surface area (Å²) in [6.45, 7) is 4.70. The van der Waals surface area contributed by atoms with Crippen LogP contribution >= 0.6 is 0 Å². The first-order valence-electron chi connectivity index (χ1n) is 6.53. The first kappa shape index (κ1) is 18.8. The summed E-state index contributed by atoms with van der Waals surface area (Å²) in [5.41, 5.74) is -4.66. The molecule has 0 amide bonds. The van der Waals surface area contributed by atoms with E-state index in [2.05, 4.69) is 6.58 Å². The second kappa shape index (κ2) is 6.10. The number of hydrogen-bond donors (Lipinski definition) is 1. The average molecular weight is 334 g/mol. The number of halogens is 6. The van der Waals surface area contributed by atoms with Gasteiger partial charge in [0.15, 0.2) is 0 Å². The molecule has 1 rings (SSSR count). The molecule has 0 radical (unpaired) electrons. The Hall–Kier alpha value is -1.25. The van der Waals surface area contributed by atoms with Crippen LogP contribution in [-0.2, 0) is 9.53 Å². The van der Waals surface area contributed by atoms with Crippen LogP contribution in [0.1, 0.15) is 32.6 Å². The molecule has 128 valence electrons. The van der Waals surface area contributed by atoms with Crippen LogP contribution in [0.25, 0.3) is 0 Å². The molecule has 22 heavy (non-hydrogen) atoms. The van der Waals surface area contributed by atoms with E-state index in [0.717, 1.165) is 0 Å². The van der Waals surface area contributed by atoms with Crippen LogP contribution in [0, 0.1) is 5.92 Å². The first-order valence-corrected chi connectivity index (χ1v) is 6.53. The van der Waals surface area contributed by atoms with Gasteiger partial charge in [0.05, 0.1) is 0 Å². The van der Waals surface area contributed by atoms with Gasteiger partial charge in [0.2, 0.25) is 0 Å². The monoisotopic (exact) mass is 334 g/mol. The van der Waals surface area contributed by atoms with Gasteiger partial charge in [-0.2, -0.15) is 26.3 Å². The van der Waals surface area contributed by atoms with Gasteiger partial charge in [-0.25, -0.2) is 4.79 Å². The summed E-state index contributed by atoms with van der Waals surface area (Å²) in [5.74, 6) is -2.77. The van der Waals surface area contributed by atoms with Gasteiger partial charge in [-0.05, 0) is 32.6 Å². The summed E-state index contributed by atoms with van der Waals surface area (Å²) in [6.07, 6.45) is -13.9. The molecule has 0 aromatic carbocycles. The van der Waals surface area contributed by atoms with E-state index in [1.165, 1.54) is 6.92 Å². The standard InChI is InChI=1S/C13H16F6O3/c1-7(2)10(20)22-9-5-3-8(4-6-9)11(21,12(14,15)16)13(17,18)19/h8-9,21H,1,3-6H2,2H3. The van der Waals surface area contributed by atoms with Gasteiger partial charge in [-0.15, -0.1) is 0 Å². The van der Waals surface area contributed by atoms with E-state index >= 15 is 0 Å². The molecule has 0 spiro atoms. The minimum absolute atomic E-state index is 0.0872. The molecule has 0 bridgehead atoms. The third-order valence-electron chi connectivity index (χ3n) is 3.75. The van der Waals surface area contributed by atoms with Gasteiger partial charge in [0.25, 0.3) is 5.60 Å². The minimum atomic E-state index is -5.82. The molecule has 0 aliphatic heterocycles. The molecule has 1 saturated carbocycles. The highest BCUT2D eigenvalue weighted by Crippen LogP contribution is 2.51. The second-order valence-electron chi connectivity index (χ2n) is 5.42. The van der Waals surface area contributed by atoms with Crippen molar-refractivity contribution in [3.63, 3.8) is 0 Å². The summed E-state index contributed by atoms with van der Waals surface area (Å²) in [7, 11) is 0. The number of aliphatic hydroxyl groups is 1. The zero-order valence-corrected chi connectivity index (χ0v) is 11.7. The zero-order valence-electron chi connectivity index (χ0n) is 11.7. The number of esters is 1. The summed E-state index contributed by atoms with van der Waals surface area (Å²) in [5, 5.41) is 9.29. The van der Waals surface area contributed by atoms with Crippen molar-refractivity contribution >= 4 is 5.97 Å². The predicted octanol–water partition coefficient (Wildman–Crippen LogP) is 3.52. The maximum Gasteiger partial charge on any atom is 0.426 e. The molecule has 0 heterocycles. The van der Waals surface area contributed by atoms with Gasteiger partial charge < -0.3 is 9.84 Å². The molecule has 1 N–H and O–H groups in total. The number of carbonyl (C=O) groups excluding carboxylic acids is 1. The quantitative estimate of drug-likeness (QED) is 0.488. The lowest BCUT2D eigenvalue weighted by atomic mass is 9.75. The van der Waals surface area contributed by atoms with E-state index in [9.17, 15) is 36.2 Å². The molecule has 3 nitrogen and oxygen atoms in total. The van der Waals surface area contributed by atoms with Crippen molar-refractivity contribution in [2.24, 2.45) is 5.92 Å². The van der Waals surface area contributed by atoms with Crippen LogP contribution in [0.2, 0.25) is 0 Å². The molecule has 1 aliphatic rings. The smallest absolute Gasteiger partial charge is 0.426 e. The van der Waals surface area contributed by atoms with Gasteiger partial charge in [-0.3, -0.25) is 0 Å². The van der Waals surface area contributed by atoms with Crippen LogP contribution in [0.15, 0.2) is 12.2 Å². The largest absolute Gasteiger partial charge is 0.459 e. The van der Waals surface area contributed by atoms with Crippen molar-refractivity contribution in [2.45, 2.75) is 56.7 Å². The van der Waals surface area contributed by atoms with Crippen LogP contribution in [0.3, 0.4) is 0 Å². The minimum Gasteiger partial charge on any atom is -0.459 e. The third kappa shape index (κ3) is 3.56. The average Bonchev–Trinajstić information content (AvgIpc) is 2.35. The highest BCUT2D eigenvalue weighted by atomic mass is 19.4. The lowest BCUT2D eigenvalue weighted by Crippen LogP contribution is -2.62. The predicted molar refractivity (Wildman–Crippen MR) is 63.7 cm³/mol. The van der Waals surface area contributed by atoms with Crippen molar-refractivity contribution in [1.82, 2.24) is 0 Å². The lowest BCUT2D eigenvalue weighted by Gasteiger charge is -2.41. The Balaban J connectivity index is 2.81. The maximum absolute atomic E-state index is 12.7. The Bertz CT molecular complexity index is 418. The van der Waals surface area contributed by atoms with E-state index in [1.54, 1.807) is 0 Å². The third-order valence-corrected chi connectivity index (χ3v) is 3.75. The van der Waals surface area contributed by atoms with E-state index in [1.807, 2.05) is 0 Å². The zero-order chi connectivity index (χ0) is 17.3. The Kier molecular flexibility index (Phi) is 5.21. The molecule has 0 atom stereocenters. The topological polar surface area (TPSA) is 46.5 Å². The summed E-state index contributed by atoms with van der Waals surface area (Å²) in [4.78, 5) is 11.3. The van der Waals surface area contributed by atoms with Gasteiger partial charge in [-0.1, -0.05) is 6.58 Å². The molecular formula is C13H16F6O3. The van der Waals surface area contributed by atoms with E-state index in [0.29, 0.717) is 0 Å². The van der Waals surface area contributed by atoms with Crippen LogP contribution in [0.5, 0.6) is 0 Å². The van der Waals surface area contributed by atoms with Crippen molar-refractivity contribution in [1.29, 1.82) is 0 Å². The van der Waals surface area contributed by atoms with Crippen LogP contribution in [0.4, 0.5) is 26.3 Å². The Labute approximate surface area is 122 Å². The summed E-state index contributed by atoms with van der Waals surface area (Å²) in [6, 6.07) is 0. The fraction of sp³-hybridized carbons (Fsp3) is 0.769. The van der Waals surface area contributed by atoms with E-state index in [4.69, 9.17) is 4.74 Å². The van der Waals surface area contributed by atoms with Crippen molar-refractivity contribution in [3.05, 3.63) is 12.2 Å². The molecule has 1 aliphatic carbocycles. The Morgan fingerprint density at radius 1 is 1.05 bits per heavy atom. The number of hydrogen-bond acceptors (Lipinski definition) is 3. The first-order chi connectivity index (χ1) is 9.80. The highest BCUT2D eigenvalue weighted by Gasteiger charge is 2.73. The molecule has 0 saturated heterocycles. The van der Waals surface area contributed by atoms with Crippen LogP contribution in [-0.4, -0.2) is 35.1 Å². The van der Waals surface area contributed by atoms with E-state index < -0.39 is 48.8 Å². The SMILES string of the molecule is C=C(C)C(=O)OC1CCC(C(O)(C(F)(F)F)C(F)(F)F)CC1. The highest BCUT2D eigenvalue weighted by molar-refractivity contribution is 5.87. The summed E-state index contributed by atoms with van der Waals surface area (Å²) >= 11 is 0. The second-order valence-corrected chi connectivity index (χ2v) is 5.42. The fourth-order valence-corrected chi connectivity index (χ4v) is 2.47. The number of ether oxygens (including phenoxy) is 1. The molecule has 9 heteroatoms. The van der Waals surface area contributed by atoms with Crippen LogP contribution < -0.4 is 0 Å². The molecule has 0 aromatic heterocycles. The molecular weight excluding hydrogens is 318 g/mol.